The highest BCUT2D eigenvalue weighted by Crippen LogP contribution is 2.41. The lowest BCUT2D eigenvalue weighted by molar-refractivity contribution is -0.144. The lowest BCUT2D eigenvalue weighted by Crippen LogP contribution is -2.14. The van der Waals surface area contributed by atoms with Gasteiger partial charge >= 0.3 is 5.97 Å². The van der Waals surface area contributed by atoms with Gasteiger partial charge in [0, 0.05) is 23.6 Å². The molecular weight excluding hydrogens is 384 g/mol. The van der Waals surface area contributed by atoms with Crippen LogP contribution in [0, 0.1) is 17.8 Å². The van der Waals surface area contributed by atoms with Crippen molar-refractivity contribution in [3.8, 4) is 0 Å². The molecule has 3 unspecified atom stereocenters. The number of ether oxygens (including phenoxy) is 1. The lowest BCUT2D eigenvalue weighted by Gasteiger charge is -2.14. The van der Waals surface area contributed by atoms with Gasteiger partial charge in [0.15, 0.2) is 5.78 Å². The molecule has 0 aliphatic heterocycles. The molecule has 5 nitrogen and oxygen atoms in total. The molecule has 0 spiro atoms. The van der Waals surface area contributed by atoms with Crippen LogP contribution in [0.25, 0.3) is 0 Å². The van der Waals surface area contributed by atoms with Gasteiger partial charge in [-0.1, -0.05) is 40.0 Å². The predicted octanol–water partition coefficient (Wildman–Crippen LogP) is 5.55. The minimum Gasteiger partial charge on any atom is -0.465 e. The number of rotatable bonds is 12. The van der Waals surface area contributed by atoms with Gasteiger partial charge in [0.25, 0.3) is 0 Å². The van der Waals surface area contributed by atoms with Crippen molar-refractivity contribution in [3.63, 3.8) is 0 Å². The van der Waals surface area contributed by atoms with Crippen LogP contribution in [0.2, 0.25) is 0 Å². The molecule has 2 N–H and O–H groups in total. The fourth-order valence-corrected chi connectivity index (χ4v) is 3.86. The van der Waals surface area contributed by atoms with Gasteiger partial charge in [-0.05, 0) is 30.7 Å². The Morgan fingerprint density at radius 3 is 2.62 bits per heavy atom. The maximum absolute atomic E-state index is 12.3. The third kappa shape index (κ3) is 8.60. The lowest BCUT2D eigenvalue weighted by atomic mass is 10.0. The SMILES string of the molecule is C=C.CCCCC(CC)COC(=O)CCSc1cc(N)c(C(=O)C2CC2C)cn1. The number of hydrogen-bond donors (Lipinski definition) is 1. The van der Waals surface area contributed by atoms with Gasteiger partial charge in [-0.3, -0.25) is 9.59 Å². The number of thioether (sulfide) groups is 1. The number of nitrogens with two attached hydrogens (primary N) is 1. The van der Waals surface area contributed by atoms with Crippen LogP contribution in [0.3, 0.4) is 0 Å². The van der Waals surface area contributed by atoms with E-state index in [1.807, 2.05) is 0 Å². The zero-order valence-corrected chi connectivity index (χ0v) is 18.9. The zero-order chi connectivity index (χ0) is 21.8. The zero-order valence-electron chi connectivity index (χ0n) is 18.1. The molecule has 3 atom stereocenters. The van der Waals surface area contributed by atoms with Gasteiger partial charge in [-0.2, -0.15) is 0 Å². The molecule has 1 aliphatic carbocycles. The van der Waals surface area contributed by atoms with Crippen molar-refractivity contribution < 1.29 is 14.3 Å². The van der Waals surface area contributed by atoms with E-state index in [9.17, 15) is 9.59 Å². The van der Waals surface area contributed by atoms with Gasteiger partial charge in [0.1, 0.15) is 0 Å². The second-order valence-electron chi connectivity index (χ2n) is 7.49. The van der Waals surface area contributed by atoms with Gasteiger partial charge in [0.05, 0.1) is 23.6 Å². The molecule has 0 amide bonds. The molecule has 1 heterocycles. The van der Waals surface area contributed by atoms with Crippen LogP contribution in [-0.4, -0.2) is 29.1 Å². The molecule has 29 heavy (non-hydrogen) atoms. The molecule has 6 heteroatoms. The number of anilines is 1. The number of nitrogen functional groups attached to an aromatic ring is 1. The van der Waals surface area contributed by atoms with Gasteiger partial charge in [-0.25, -0.2) is 4.98 Å². The molecule has 0 aromatic carbocycles. The third-order valence-corrected chi connectivity index (χ3v) is 6.13. The Kier molecular flexibility index (Phi) is 11.7. The van der Waals surface area contributed by atoms with Crippen molar-refractivity contribution >= 4 is 29.2 Å². The summed E-state index contributed by atoms with van der Waals surface area (Å²) in [7, 11) is 0. The van der Waals surface area contributed by atoms with E-state index in [0.29, 0.717) is 41.9 Å². The smallest absolute Gasteiger partial charge is 0.306 e. The highest BCUT2D eigenvalue weighted by Gasteiger charge is 2.40. The number of ketones is 1. The van der Waals surface area contributed by atoms with E-state index in [0.717, 1.165) is 24.3 Å². The van der Waals surface area contributed by atoms with Crippen molar-refractivity contribution in [2.75, 3.05) is 18.1 Å². The highest BCUT2D eigenvalue weighted by molar-refractivity contribution is 7.99. The Morgan fingerprint density at radius 1 is 1.38 bits per heavy atom. The van der Waals surface area contributed by atoms with Crippen LogP contribution in [0.15, 0.2) is 30.4 Å². The number of carbonyl (C=O) groups excluding carboxylic acids is 2. The van der Waals surface area contributed by atoms with Crippen molar-refractivity contribution in [2.24, 2.45) is 17.8 Å². The van der Waals surface area contributed by atoms with Gasteiger partial charge in [0.2, 0.25) is 0 Å². The number of carbonyl (C=O) groups is 2. The molecule has 0 saturated heterocycles. The van der Waals surface area contributed by atoms with E-state index in [1.54, 1.807) is 12.3 Å². The topological polar surface area (TPSA) is 82.3 Å². The molecule has 1 aromatic heterocycles. The largest absolute Gasteiger partial charge is 0.465 e. The van der Waals surface area contributed by atoms with E-state index < -0.39 is 0 Å². The van der Waals surface area contributed by atoms with Crippen LogP contribution in [0.1, 0.15) is 69.7 Å². The van der Waals surface area contributed by atoms with Crippen molar-refractivity contribution in [3.05, 3.63) is 31.0 Å². The van der Waals surface area contributed by atoms with E-state index in [-0.39, 0.29) is 17.7 Å². The van der Waals surface area contributed by atoms with E-state index in [4.69, 9.17) is 10.5 Å². The normalized spacial score (nSPS) is 18.3. The quantitative estimate of drug-likeness (QED) is 0.207. The summed E-state index contributed by atoms with van der Waals surface area (Å²) in [5.74, 6) is 1.53. The first kappa shape index (κ1) is 25.2. The second-order valence-corrected chi connectivity index (χ2v) is 8.61. The van der Waals surface area contributed by atoms with Crippen molar-refractivity contribution in [1.29, 1.82) is 0 Å². The first-order chi connectivity index (χ1) is 14.0. The summed E-state index contributed by atoms with van der Waals surface area (Å²) in [6, 6.07) is 1.73. The summed E-state index contributed by atoms with van der Waals surface area (Å²) in [4.78, 5) is 28.5. The number of pyridine rings is 1. The minimum absolute atomic E-state index is 0.0983. The van der Waals surface area contributed by atoms with Gasteiger partial charge in [-0.15, -0.1) is 24.9 Å². The fraction of sp³-hybridized carbons (Fsp3) is 0.609. The number of hydrogen-bond acceptors (Lipinski definition) is 6. The molecule has 1 aliphatic rings. The number of esters is 1. The second kappa shape index (κ2) is 13.4. The Bertz CT molecular complexity index is 666. The van der Waals surface area contributed by atoms with E-state index in [2.05, 4.69) is 38.9 Å². The summed E-state index contributed by atoms with van der Waals surface area (Å²) in [5.41, 5.74) is 7.03. The first-order valence-corrected chi connectivity index (χ1v) is 11.5. The summed E-state index contributed by atoms with van der Waals surface area (Å²) < 4.78 is 5.41. The first-order valence-electron chi connectivity index (χ1n) is 10.5. The number of unbranched alkanes of at least 4 members (excludes halogenated alkanes) is 1. The van der Waals surface area contributed by atoms with Crippen LogP contribution in [-0.2, 0) is 9.53 Å². The van der Waals surface area contributed by atoms with Crippen LogP contribution >= 0.6 is 11.8 Å². The van der Waals surface area contributed by atoms with E-state index in [1.165, 1.54) is 24.6 Å². The Morgan fingerprint density at radius 2 is 2.07 bits per heavy atom. The number of aromatic nitrogens is 1. The van der Waals surface area contributed by atoms with Crippen LogP contribution < -0.4 is 5.73 Å². The molecule has 2 rings (SSSR count). The van der Waals surface area contributed by atoms with E-state index >= 15 is 0 Å². The molecule has 1 fully saturated rings. The average Bonchev–Trinajstić information content (AvgIpc) is 3.46. The molecule has 162 valence electrons. The monoisotopic (exact) mass is 420 g/mol. The highest BCUT2D eigenvalue weighted by atomic mass is 32.2. The van der Waals surface area contributed by atoms with Crippen molar-refractivity contribution in [1.82, 2.24) is 4.98 Å². The summed E-state index contributed by atoms with van der Waals surface area (Å²) in [6.45, 7) is 12.9. The maximum atomic E-state index is 12.3. The van der Waals surface area contributed by atoms with Crippen LogP contribution in [0.5, 0.6) is 0 Å². The summed E-state index contributed by atoms with van der Waals surface area (Å²) in [6.07, 6.45) is 7.35. The summed E-state index contributed by atoms with van der Waals surface area (Å²) in [5, 5.41) is 0.732. The molecular formula is C23H36N2O3S. The molecule has 1 saturated carbocycles. The molecule has 0 bridgehead atoms. The average molecular weight is 421 g/mol. The Hall–Kier alpha value is -1.82. The Labute approximate surface area is 179 Å². The third-order valence-electron chi connectivity index (χ3n) is 5.20. The van der Waals surface area contributed by atoms with Crippen LogP contribution in [0.4, 0.5) is 5.69 Å². The Balaban J connectivity index is 0.00000204. The van der Waals surface area contributed by atoms with Crippen molar-refractivity contribution in [2.45, 2.75) is 64.3 Å². The molecule has 0 radical (unpaired) electrons. The minimum atomic E-state index is -0.167. The van der Waals surface area contributed by atoms with Gasteiger partial charge < -0.3 is 10.5 Å². The maximum Gasteiger partial charge on any atom is 0.306 e. The number of Topliss-reactive ketones (excluding diaryl/α,β-unsaturated/α-hetero) is 1. The predicted molar refractivity (Wildman–Crippen MR) is 121 cm³/mol. The molecule has 1 aromatic rings. The fourth-order valence-electron chi connectivity index (χ4n) is 3.04. The summed E-state index contributed by atoms with van der Waals surface area (Å²) >= 11 is 1.46. The standard InChI is InChI=1S/C21H32N2O3S.C2H4/c1-4-6-7-15(5-2)13-26-20(24)8-9-27-19-11-18(22)17(12-23-19)21(25)16-10-14(16)3;1-2/h11-12,14-16H,4-10,13H2,1-3H3,(H2,22,23);1-2H2. The number of nitrogens with zero attached hydrogens (tertiary/aromatic N) is 1.